The molecule has 0 radical (unpaired) electrons. The smallest absolute Gasteiger partial charge is 0.0955 e. The average Bonchev–Trinajstić information content (AvgIpc) is 2.71. The monoisotopic (exact) mass is 243 g/mol. The minimum absolute atomic E-state index is 0.968. The average molecular weight is 243 g/mol. The van der Waals surface area contributed by atoms with Crippen molar-refractivity contribution in [3.8, 4) is 11.3 Å². The molecule has 3 heteroatoms. The molecule has 96 valence electrons. The summed E-state index contributed by atoms with van der Waals surface area (Å²) in [5.74, 6) is 0. The molecule has 0 aliphatic rings. The number of nitrogens with one attached hydrogen (secondary N) is 2. The fourth-order valence-electron chi connectivity index (χ4n) is 2.18. The highest BCUT2D eigenvalue weighted by atomic mass is 15.1. The van der Waals surface area contributed by atoms with Gasteiger partial charge in [0, 0.05) is 24.2 Å². The zero-order valence-electron chi connectivity index (χ0n) is 11.6. The Labute approximate surface area is 109 Å². The number of hydrogen-bond donors (Lipinski definition) is 2. The number of H-pyrrole nitrogens is 1. The van der Waals surface area contributed by atoms with E-state index in [-0.39, 0.29) is 0 Å². The highest BCUT2D eigenvalue weighted by molar-refractivity contribution is 5.68. The van der Waals surface area contributed by atoms with E-state index in [1.54, 1.807) is 0 Å². The Kier molecular flexibility index (Phi) is 3.82. The van der Waals surface area contributed by atoms with Crippen LogP contribution in [0.1, 0.15) is 22.4 Å². The van der Waals surface area contributed by atoms with Crippen molar-refractivity contribution in [2.24, 2.45) is 0 Å². The summed E-state index contributed by atoms with van der Waals surface area (Å²) >= 11 is 0. The maximum Gasteiger partial charge on any atom is 0.0955 e. The number of likely N-dealkylation sites (N-methyl/N-ethyl adjacent to an activating group) is 1. The van der Waals surface area contributed by atoms with Gasteiger partial charge in [-0.2, -0.15) is 5.10 Å². The summed E-state index contributed by atoms with van der Waals surface area (Å²) in [6.07, 6.45) is 0.986. The largest absolute Gasteiger partial charge is 0.319 e. The number of aryl methyl sites for hydroxylation is 2. The topological polar surface area (TPSA) is 40.7 Å². The normalized spacial score (nSPS) is 10.9. The van der Waals surface area contributed by atoms with Crippen molar-refractivity contribution in [3.63, 3.8) is 0 Å². The standard InChI is InChI=1S/C15H21N3/c1-10-5-6-11(2)13(9-10)15-12(3)14(17-18-15)7-8-16-4/h5-6,9,16H,7-8H2,1-4H3,(H,17,18). The SMILES string of the molecule is CNCCc1[nH]nc(-c2cc(C)ccc2C)c1C. The lowest BCUT2D eigenvalue weighted by Gasteiger charge is -2.06. The lowest BCUT2D eigenvalue weighted by Crippen LogP contribution is -2.11. The maximum atomic E-state index is 4.49. The van der Waals surface area contributed by atoms with E-state index in [4.69, 9.17) is 0 Å². The van der Waals surface area contributed by atoms with Crippen molar-refractivity contribution in [1.82, 2.24) is 15.5 Å². The first-order valence-electron chi connectivity index (χ1n) is 6.39. The summed E-state index contributed by atoms with van der Waals surface area (Å²) in [6, 6.07) is 6.51. The summed E-state index contributed by atoms with van der Waals surface area (Å²) in [7, 11) is 1.97. The zero-order valence-corrected chi connectivity index (χ0v) is 11.6. The molecule has 0 bridgehead atoms. The van der Waals surface area contributed by atoms with Gasteiger partial charge in [0.05, 0.1) is 5.69 Å². The van der Waals surface area contributed by atoms with Crippen LogP contribution in [0.15, 0.2) is 18.2 Å². The fraction of sp³-hybridized carbons (Fsp3) is 0.400. The Morgan fingerprint density at radius 1 is 1.22 bits per heavy atom. The molecule has 0 saturated carbocycles. The quantitative estimate of drug-likeness (QED) is 0.867. The molecule has 18 heavy (non-hydrogen) atoms. The molecule has 1 heterocycles. The first kappa shape index (κ1) is 12.8. The van der Waals surface area contributed by atoms with Crippen molar-refractivity contribution in [1.29, 1.82) is 0 Å². The number of aromatic nitrogens is 2. The molecular weight excluding hydrogens is 222 g/mol. The van der Waals surface area contributed by atoms with Gasteiger partial charge in [0.15, 0.2) is 0 Å². The third-order valence-corrected chi connectivity index (χ3v) is 3.38. The summed E-state index contributed by atoms with van der Waals surface area (Å²) in [4.78, 5) is 0. The third-order valence-electron chi connectivity index (χ3n) is 3.38. The van der Waals surface area contributed by atoms with Crippen LogP contribution < -0.4 is 5.32 Å². The lowest BCUT2D eigenvalue weighted by molar-refractivity contribution is 0.769. The van der Waals surface area contributed by atoms with Crippen LogP contribution >= 0.6 is 0 Å². The van der Waals surface area contributed by atoms with E-state index >= 15 is 0 Å². The molecule has 2 rings (SSSR count). The highest BCUT2D eigenvalue weighted by Crippen LogP contribution is 2.27. The second-order valence-electron chi connectivity index (χ2n) is 4.85. The Morgan fingerprint density at radius 3 is 2.72 bits per heavy atom. The summed E-state index contributed by atoms with van der Waals surface area (Å²) in [6.45, 7) is 7.36. The Hall–Kier alpha value is -1.61. The molecule has 0 aliphatic heterocycles. The van der Waals surface area contributed by atoms with Crippen molar-refractivity contribution in [3.05, 3.63) is 40.6 Å². The molecule has 2 N–H and O–H groups in total. The predicted molar refractivity (Wildman–Crippen MR) is 75.9 cm³/mol. The van der Waals surface area contributed by atoms with Gasteiger partial charge in [0.1, 0.15) is 0 Å². The van der Waals surface area contributed by atoms with Gasteiger partial charge < -0.3 is 5.32 Å². The summed E-state index contributed by atoms with van der Waals surface area (Å²) in [5, 5.41) is 10.8. The van der Waals surface area contributed by atoms with E-state index in [1.165, 1.54) is 27.9 Å². The molecular formula is C15H21N3. The van der Waals surface area contributed by atoms with Crippen LogP contribution in [0, 0.1) is 20.8 Å². The van der Waals surface area contributed by atoms with Crippen LogP contribution in [-0.2, 0) is 6.42 Å². The number of rotatable bonds is 4. The van der Waals surface area contributed by atoms with Gasteiger partial charge in [0.2, 0.25) is 0 Å². The molecule has 1 aromatic carbocycles. The molecule has 0 fully saturated rings. The second-order valence-corrected chi connectivity index (χ2v) is 4.85. The summed E-state index contributed by atoms with van der Waals surface area (Å²) < 4.78 is 0. The number of benzene rings is 1. The van der Waals surface area contributed by atoms with Gasteiger partial charge in [-0.15, -0.1) is 0 Å². The summed E-state index contributed by atoms with van der Waals surface area (Å²) in [5.41, 5.74) is 7.35. The zero-order chi connectivity index (χ0) is 13.1. The van der Waals surface area contributed by atoms with Gasteiger partial charge >= 0.3 is 0 Å². The van der Waals surface area contributed by atoms with Crippen molar-refractivity contribution in [2.45, 2.75) is 27.2 Å². The number of hydrogen-bond acceptors (Lipinski definition) is 2. The fourth-order valence-corrected chi connectivity index (χ4v) is 2.18. The van der Waals surface area contributed by atoms with Crippen molar-refractivity contribution < 1.29 is 0 Å². The van der Waals surface area contributed by atoms with E-state index < -0.39 is 0 Å². The molecule has 0 saturated heterocycles. The molecule has 0 amide bonds. The van der Waals surface area contributed by atoms with Crippen LogP contribution in [0.5, 0.6) is 0 Å². The van der Waals surface area contributed by atoms with Crippen LogP contribution in [0.4, 0.5) is 0 Å². The maximum absolute atomic E-state index is 4.49. The second kappa shape index (κ2) is 5.36. The minimum atomic E-state index is 0.968. The first-order valence-corrected chi connectivity index (χ1v) is 6.39. The van der Waals surface area contributed by atoms with E-state index in [0.29, 0.717) is 0 Å². The van der Waals surface area contributed by atoms with E-state index in [9.17, 15) is 0 Å². The van der Waals surface area contributed by atoms with Gasteiger partial charge in [-0.1, -0.05) is 17.7 Å². The number of aromatic amines is 1. The van der Waals surface area contributed by atoms with E-state index in [0.717, 1.165) is 18.7 Å². The van der Waals surface area contributed by atoms with Crippen LogP contribution in [0.25, 0.3) is 11.3 Å². The van der Waals surface area contributed by atoms with Crippen molar-refractivity contribution >= 4 is 0 Å². The molecule has 1 aromatic heterocycles. The first-order chi connectivity index (χ1) is 8.63. The Morgan fingerprint density at radius 2 is 2.00 bits per heavy atom. The van der Waals surface area contributed by atoms with Gasteiger partial charge in [0.25, 0.3) is 0 Å². The molecule has 0 unspecified atom stereocenters. The van der Waals surface area contributed by atoms with Crippen LogP contribution in [0.2, 0.25) is 0 Å². The van der Waals surface area contributed by atoms with E-state index in [1.807, 2.05) is 7.05 Å². The van der Waals surface area contributed by atoms with Crippen LogP contribution in [-0.4, -0.2) is 23.8 Å². The molecule has 0 atom stereocenters. The molecule has 2 aromatic rings. The Bertz CT molecular complexity index is 541. The van der Waals surface area contributed by atoms with Crippen LogP contribution in [0.3, 0.4) is 0 Å². The number of nitrogens with zero attached hydrogens (tertiary/aromatic N) is 1. The van der Waals surface area contributed by atoms with Gasteiger partial charge in [-0.05, 0) is 45.0 Å². The molecule has 3 nitrogen and oxygen atoms in total. The van der Waals surface area contributed by atoms with Gasteiger partial charge in [-0.3, -0.25) is 5.10 Å². The molecule has 0 spiro atoms. The van der Waals surface area contributed by atoms with Gasteiger partial charge in [-0.25, -0.2) is 0 Å². The lowest BCUT2D eigenvalue weighted by atomic mass is 9.99. The minimum Gasteiger partial charge on any atom is -0.319 e. The highest BCUT2D eigenvalue weighted by Gasteiger charge is 2.12. The van der Waals surface area contributed by atoms with Crippen molar-refractivity contribution in [2.75, 3.05) is 13.6 Å². The predicted octanol–water partition coefficient (Wildman–Crippen LogP) is 2.76. The molecule has 0 aliphatic carbocycles. The Balaban J connectivity index is 2.39. The van der Waals surface area contributed by atoms with E-state index in [2.05, 4.69) is 54.5 Å². The third kappa shape index (κ3) is 2.46.